The average molecular weight is 414 g/mol. The maximum atomic E-state index is 12.8. The molecular weight excluding hydrogens is 397 g/mol. The zero-order valence-corrected chi connectivity index (χ0v) is 15.9. The van der Waals surface area contributed by atoms with E-state index in [-0.39, 0.29) is 12.2 Å². The van der Waals surface area contributed by atoms with Crippen molar-refractivity contribution in [2.45, 2.75) is 12.8 Å². The molecule has 3 aromatic carbocycles. The highest BCUT2D eigenvalue weighted by molar-refractivity contribution is 5.97. The van der Waals surface area contributed by atoms with Crippen molar-refractivity contribution in [1.29, 1.82) is 0 Å². The molecule has 7 heteroatoms. The summed E-state index contributed by atoms with van der Waals surface area (Å²) in [6.45, 7) is -0.0262. The van der Waals surface area contributed by atoms with Crippen LogP contribution in [0.1, 0.15) is 31.8 Å². The van der Waals surface area contributed by atoms with Gasteiger partial charge in [0.2, 0.25) is 0 Å². The van der Waals surface area contributed by atoms with Gasteiger partial charge in [0.05, 0.1) is 23.8 Å². The summed E-state index contributed by atoms with van der Waals surface area (Å²) in [5.41, 5.74) is 1.46. The smallest absolute Gasteiger partial charge is 0.416 e. The maximum Gasteiger partial charge on any atom is 0.416 e. The van der Waals surface area contributed by atoms with Gasteiger partial charge >= 0.3 is 18.1 Å². The number of methoxy groups -OCH3 is 1. The monoisotopic (exact) mass is 414 g/mol. The molecular formula is C23H17F3O4. The molecule has 0 unspecified atom stereocenters. The second-order valence-electron chi connectivity index (χ2n) is 6.39. The standard InChI is InChI=1S/C23H17F3O4/c1-29-21(27)17-8-6-15(7-9-17)14-30-22(28)20-5-3-2-4-19(20)16-10-12-18(13-11-16)23(24,25)26/h2-13H,14H2,1H3. The first-order chi connectivity index (χ1) is 14.3. The van der Waals surface area contributed by atoms with Crippen LogP contribution in [0.25, 0.3) is 11.1 Å². The normalized spacial score (nSPS) is 11.1. The molecule has 0 aliphatic rings. The van der Waals surface area contributed by atoms with Crippen LogP contribution in [0.4, 0.5) is 13.2 Å². The molecule has 0 aromatic heterocycles. The number of benzene rings is 3. The van der Waals surface area contributed by atoms with Crippen molar-refractivity contribution in [1.82, 2.24) is 0 Å². The van der Waals surface area contributed by atoms with Crippen molar-refractivity contribution in [3.05, 3.63) is 95.1 Å². The highest BCUT2D eigenvalue weighted by Gasteiger charge is 2.30. The molecule has 0 fully saturated rings. The number of alkyl halides is 3. The molecule has 0 bridgehead atoms. The number of carbonyl (C=O) groups excluding carboxylic acids is 2. The predicted molar refractivity (Wildman–Crippen MR) is 104 cm³/mol. The topological polar surface area (TPSA) is 52.6 Å². The molecule has 30 heavy (non-hydrogen) atoms. The van der Waals surface area contributed by atoms with E-state index >= 15 is 0 Å². The Hall–Kier alpha value is -3.61. The van der Waals surface area contributed by atoms with Gasteiger partial charge in [-0.1, -0.05) is 42.5 Å². The number of halogens is 3. The Morgan fingerprint density at radius 2 is 1.47 bits per heavy atom. The molecule has 0 N–H and O–H groups in total. The minimum absolute atomic E-state index is 0.0262. The fraction of sp³-hybridized carbons (Fsp3) is 0.130. The Morgan fingerprint density at radius 1 is 0.833 bits per heavy atom. The van der Waals surface area contributed by atoms with E-state index in [9.17, 15) is 22.8 Å². The first-order valence-electron chi connectivity index (χ1n) is 8.90. The molecule has 0 amide bonds. The number of ether oxygens (including phenoxy) is 2. The number of rotatable bonds is 5. The molecule has 3 aromatic rings. The first-order valence-corrected chi connectivity index (χ1v) is 8.90. The van der Waals surface area contributed by atoms with Crippen molar-refractivity contribution < 1.29 is 32.2 Å². The van der Waals surface area contributed by atoms with Gasteiger partial charge in [0.1, 0.15) is 6.61 Å². The molecule has 154 valence electrons. The summed E-state index contributed by atoms with van der Waals surface area (Å²) < 4.78 is 48.3. The number of carbonyl (C=O) groups is 2. The summed E-state index contributed by atoms with van der Waals surface area (Å²) in [6.07, 6.45) is -4.43. The predicted octanol–water partition coefficient (Wildman–Crippen LogP) is 5.52. The molecule has 0 saturated carbocycles. The lowest BCUT2D eigenvalue weighted by molar-refractivity contribution is -0.137. The van der Waals surface area contributed by atoms with Crippen LogP contribution >= 0.6 is 0 Å². The summed E-state index contributed by atoms with van der Waals surface area (Å²) in [5.74, 6) is -1.08. The van der Waals surface area contributed by atoms with Crippen molar-refractivity contribution in [3.8, 4) is 11.1 Å². The summed E-state index contributed by atoms with van der Waals surface area (Å²) in [4.78, 5) is 24.0. The zero-order chi connectivity index (χ0) is 21.7. The Morgan fingerprint density at radius 3 is 2.07 bits per heavy atom. The van der Waals surface area contributed by atoms with Gasteiger partial charge in [0.15, 0.2) is 0 Å². The van der Waals surface area contributed by atoms with Gasteiger partial charge in [-0.15, -0.1) is 0 Å². The third-order valence-electron chi connectivity index (χ3n) is 4.42. The van der Waals surface area contributed by atoms with Crippen molar-refractivity contribution in [3.63, 3.8) is 0 Å². The van der Waals surface area contributed by atoms with Crippen LogP contribution in [-0.2, 0) is 22.3 Å². The average Bonchev–Trinajstić information content (AvgIpc) is 2.76. The summed E-state index contributed by atoms with van der Waals surface area (Å²) in [7, 11) is 1.28. The van der Waals surface area contributed by atoms with Crippen LogP contribution in [0.5, 0.6) is 0 Å². The molecule has 0 aliphatic carbocycles. The summed E-state index contributed by atoms with van der Waals surface area (Å²) >= 11 is 0. The lowest BCUT2D eigenvalue weighted by atomic mass is 9.98. The fourth-order valence-electron chi connectivity index (χ4n) is 2.83. The SMILES string of the molecule is COC(=O)c1ccc(COC(=O)c2ccccc2-c2ccc(C(F)(F)F)cc2)cc1. The lowest BCUT2D eigenvalue weighted by Crippen LogP contribution is -2.08. The largest absolute Gasteiger partial charge is 0.465 e. The molecule has 0 radical (unpaired) electrons. The second kappa shape index (κ2) is 8.82. The molecule has 0 saturated heterocycles. The van der Waals surface area contributed by atoms with Gasteiger partial charge < -0.3 is 9.47 Å². The third-order valence-corrected chi connectivity index (χ3v) is 4.42. The van der Waals surface area contributed by atoms with E-state index < -0.39 is 23.7 Å². The molecule has 0 aliphatic heterocycles. The van der Waals surface area contributed by atoms with Crippen LogP contribution in [-0.4, -0.2) is 19.0 Å². The molecule has 3 rings (SSSR count). The molecule has 4 nitrogen and oxygen atoms in total. The minimum atomic E-state index is -4.43. The van der Waals surface area contributed by atoms with Crippen molar-refractivity contribution in [2.24, 2.45) is 0 Å². The van der Waals surface area contributed by atoms with Crippen LogP contribution in [0.2, 0.25) is 0 Å². The van der Waals surface area contributed by atoms with E-state index in [2.05, 4.69) is 4.74 Å². The summed E-state index contributed by atoms with van der Waals surface area (Å²) in [5, 5.41) is 0. The molecule has 0 heterocycles. The van der Waals surface area contributed by atoms with Crippen LogP contribution in [0, 0.1) is 0 Å². The maximum absolute atomic E-state index is 12.8. The Kier molecular flexibility index (Phi) is 6.20. The van der Waals surface area contributed by atoms with Crippen molar-refractivity contribution in [2.75, 3.05) is 7.11 Å². The zero-order valence-electron chi connectivity index (χ0n) is 15.9. The van der Waals surface area contributed by atoms with E-state index in [0.29, 0.717) is 22.3 Å². The second-order valence-corrected chi connectivity index (χ2v) is 6.39. The van der Waals surface area contributed by atoms with Crippen LogP contribution in [0.3, 0.4) is 0 Å². The Labute approximate surface area is 170 Å². The molecule has 0 atom stereocenters. The van der Waals surface area contributed by atoms with E-state index in [4.69, 9.17) is 4.74 Å². The molecule has 0 spiro atoms. The quantitative estimate of drug-likeness (QED) is 0.516. The Balaban J connectivity index is 1.75. The van der Waals surface area contributed by atoms with Gasteiger partial charge in [-0.05, 0) is 47.0 Å². The highest BCUT2D eigenvalue weighted by Crippen LogP contribution is 2.32. The number of hydrogen-bond acceptors (Lipinski definition) is 4. The Bertz CT molecular complexity index is 1040. The summed E-state index contributed by atoms with van der Waals surface area (Å²) in [6, 6.07) is 17.5. The van der Waals surface area contributed by atoms with Crippen molar-refractivity contribution >= 4 is 11.9 Å². The minimum Gasteiger partial charge on any atom is -0.465 e. The highest BCUT2D eigenvalue weighted by atomic mass is 19.4. The van der Waals surface area contributed by atoms with Gasteiger partial charge in [-0.3, -0.25) is 0 Å². The third kappa shape index (κ3) is 4.86. The lowest BCUT2D eigenvalue weighted by Gasteiger charge is -2.12. The number of esters is 2. The van der Waals surface area contributed by atoms with Crippen LogP contribution < -0.4 is 0 Å². The van der Waals surface area contributed by atoms with Gasteiger partial charge in [-0.25, -0.2) is 9.59 Å². The van der Waals surface area contributed by atoms with Crippen LogP contribution in [0.15, 0.2) is 72.8 Å². The van der Waals surface area contributed by atoms with E-state index in [1.165, 1.54) is 19.2 Å². The van der Waals surface area contributed by atoms with E-state index in [1.807, 2.05) is 0 Å². The number of hydrogen-bond donors (Lipinski definition) is 0. The van der Waals surface area contributed by atoms with Gasteiger partial charge in [0.25, 0.3) is 0 Å². The van der Waals surface area contributed by atoms with Gasteiger partial charge in [0, 0.05) is 0 Å². The first kappa shape index (κ1) is 21.1. The fourth-order valence-corrected chi connectivity index (χ4v) is 2.83. The van der Waals surface area contributed by atoms with E-state index in [0.717, 1.165) is 12.1 Å². The van der Waals surface area contributed by atoms with Gasteiger partial charge in [-0.2, -0.15) is 13.2 Å². The van der Waals surface area contributed by atoms with E-state index in [1.54, 1.807) is 48.5 Å².